The van der Waals surface area contributed by atoms with Crippen molar-refractivity contribution in [1.82, 2.24) is 15.1 Å². The van der Waals surface area contributed by atoms with Gasteiger partial charge in [-0.15, -0.1) is 0 Å². The average molecular weight is 267 g/mol. The van der Waals surface area contributed by atoms with Crippen LogP contribution in [0.5, 0.6) is 0 Å². The van der Waals surface area contributed by atoms with Gasteiger partial charge in [0.25, 0.3) is 0 Å². The maximum absolute atomic E-state index is 12.7. The first kappa shape index (κ1) is 14.8. The van der Waals surface area contributed by atoms with Crippen LogP contribution in [0.25, 0.3) is 0 Å². The minimum absolute atomic E-state index is 0.0259. The fraction of sp³-hybridized carbons (Fsp3) is 0.933. The largest absolute Gasteiger partial charge is 0.337 e. The minimum Gasteiger partial charge on any atom is -0.337 e. The lowest BCUT2D eigenvalue weighted by molar-refractivity contribution is -0.140. The Morgan fingerprint density at radius 3 is 2.42 bits per heavy atom. The van der Waals surface area contributed by atoms with E-state index in [9.17, 15) is 4.79 Å². The predicted octanol–water partition coefficient (Wildman–Crippen LogP) is 1.46. The van der Waals surface area contributed by atoms with E-state index in [2.05, 4.69) is 22.0 Å². The lowest BCUT2D eigenvalue weighted by Crippen LogP contribution is -2.63. The molecule has 0 radical (unpaired) electrons. The number of hydrogen-bond donors (Lipinski definition) is 1. The molecule has 1 saturated carbocycles. The number of likely N-dealkylation sites (N-methyl/N-ethyl adjacent to an activating group) is 1. The molecule has 19 heavy (non-hydrogen) atoms. The second-order valence-electron chi connectivity index (χ2n) is 6.52. The monoisotopic (exact) mass is 267 g/mol. The van der Waals surface area contributed by atoms with Crippen molar-refractivity contribution in [2.24, 2.45) is 0 Å². The van der Waals surface area contributed by atoms with Gasteiger partial charge in [-0.1, -0.05) is 25.7 Å². The summed E-state index contributed by atoms with van der Waals surface area (Å²) in [7, 11) is 4.06. The highest BCUT2D eigenvalue weighted by atomic mass is 16.2. The Labute approximate surface area is 117 Å². The van der Waals surface area contributed by atoms with Crippen LogP contribution in [0.15, 0.2) is 0 Å². The van der Waals surface area contributed by atoms with E-state index in [-0.39, 0.29) is 6.04 Å². The normalized spacial score (nSPS) is 30.7. The number of rotatable bonds is 3. The first-order chi connectivity index (χ1) is 9.08. The molecule has 4 heteroatoms. The molecule has 0 aromatic heterocycles. The fourth-order valence-corrected chi connectivity index (χ4v) is 3.45. The molecule has 2 atom stereocenters. The van der Waals surface area contributed by atoms with Crippen molar-refractivity contribution in [3.8, 4) is 0 Å². The highest BCUT2D eigenvalue weighted by Crippen LogP contribution is 2.24. The molecule has 0 aromatic carbocycles. The van der Waals surface area contributed by atoms with E-state index in [0.29, 0.717) is 18.0 Å². The van der Waals surface area contributed by atoms with Gasteiger partial charge in [0.15, 0.2) is 0 Å². The molecule has 0 spiro atoms. The number of nitrogens with zero attached hydrogens (tertiary/aromatic N) is 2. The molecule has 2 fully saturated rings. The smallest absolute Gasteiger partial charge is 0.241 e. The number of piperazine rings is 1. The average Bonchev–Trinajstić information content (AvgIpc) is 2.61. The lowest BCUT2D eigenvalue weighted by atomic mass is 10.0. The molecule has 1 heterocycles. The second kappa shape index (κ2) is 6.71. The Balaban J connectivity index is 2.03. The summed E-state index contributed by atoms with van der Waals surface area (Å²) < 4.78 is 0. The molecule has 1 aliphatic carbocycles. The SMILES string of the molecule is CC1CN(C2CCCCCC2)C(=O)C(CN(C)C)N1. The van der Waals surface area contributed by atoms with E-state index in [4.69, 9.17) is 0 Å². The van der Waals surface area contributed by atoms with Gasteiger partial charge in [0.1, 0.15) is 0 Å². The van der Waals surface area contributed by atoms with E-state index < -0.39 is 0 Å². The van der Waals surface area contributed by atoms with E-state index >= 15 is 0 Å². The number of hydrogen-bond acceptors (Lipinski definition) is 3. The Morgan fingerprint density at radius 1 is 1.21 bits per heavy atom. The number of nitrogens with one attached hydrogen (secondary N) is 1. The molecule has 1 saturated heterocycles. The van der Waals surface area contributed by atoms with E-state index in [1.165, 1.54) is 38.5 Å². The van der Waals surface area contributed by atoms with Gasteiger partial charge < -0.3 is 15.1 Å². The Morgan fingerprint density at radius 2 is 1.84 bits per heavy atom. The van der Waals surface area contributed by atoms with Crippen LogP contribution in [0.4, 0.5) is 0 Å². The predicted molar refractivity (Wildman–Crippen MR) is 78.1 cm³/mol. The van der Waals surface area contributed by atoms with Crippen LogP contribution in [-0.2, 0) is 4.79 Å². The summed E-state index contributed by atoms with van der Waals surface area (Å²) in [5.74, 6) is 0.318. The first-order valence-corrected chi connectivity index (χ1v) is 7.79. The molecule has 0 bridgehead atoms. The van der Waals surface area contributed by atoms with Crippen LogP contribution in [0.3, 0.4) is 0 Å². The highest BCUT2D eigenvalue weighted by molar-refractivity contribution is 5.83. The summed E-state index contributed by atoms with van der Waals surface area (Å²) in [6.07, 6.45) is 7.66. The molecule has 2 unspecified atom stereocenters. The highest BCUT2D eigenvalue weighted by Gasteiger charge is 2.35. The molecular weight excluding hydrogens is 238 g/mol. The van der Waals surface area contributed by atoms with E-state index in [0.717, 1.165) is 13.1 Å². The van der Waals surface area contributed by atoms with Crippen molar-refractivity contribution < 1.29 is 4.79 Å². The van der Waals surface area contributed by atoms with Gasteiger partial charge in [-0.3, -0.25) is 4.79 Å². The number of carbonyl (C=O) groups excluding carboxylic acids is 1. The summed E-state index contributed by atoms with van der Waals surface area (Å²) in [6, 6.07) is 0.872. The minimum atomic E-state index is -0.0259. The molecule has 1 aliphatic heterocycles. The maximum Gasteiger partial charge on any atom is 0.241 e. The summed E-state index contributed by atoms with van der Waals surface area (Å²) in [4.78, 5) is 16.9. The second-order valence-corrected chi connectivity index (χ2v) is 6.52. The van der Waals surface area contributed by atoms with Gasteiger partial charge in [-0.05, 0) is 33.9 Å². The number of amides is 1. The quantitative estimate of drug-likeness (QED) is 0.786. The van der Waals surface area contributed by atoms with Crippen molar-refractivity contribution in [3.63, 3.8) is 0 Å². The van der Waals surface area contributed by atoms with Crippen molar-refractivity contribution >= 4 is 5.91 Å². The zero-order valence-corrected chi connectivity index (χ0v) is 12.7. The summed E-state index contributed by atoms with van der Waals surface area (Å²) in [6.45, 7) is 3.87. The Hall–Kier alpha value is -0.610. The first-order valence-electron chi connectivity index (χ1n) is 7.79. The van der Waals surface area contributed by atoms with Gasteiger partial charge in [-0.2, -0.15) is 0 Å². The molecule has 0 aromatic rings. The van der Waals surface area contributed by atoms with Crippen LogP contribution in [0.1, 0.15) is 45.4 Å². The zero-order valence-electron chi connectivity index (χ0n) is 12.7. The molecule has 110 valence electrons. The van der Waals surface area contributed by atoms with Crippen molar-refractivity contribution in [3.05, 3.63) is 0 Å². The lowest BCUT2D eigenvalue weighted by Gasteiger charge is -2.42. The van der Waals surface area contributed by atoms with Crippen LogP contribution in [0, 0.1) is 0 Å². The van der Waals surface area contributed by atoms with Gasteiger partial charge in [-0.25, -0.2) is 0 Å². The zero-order chi connectivity index (χ0) is 13.8. The van der Waals surface area contributed by atoms with Crippen LogP contribution >= 0.6 is 0 Å². The van der Waals surface area contributed by atoms with Crippen LogP contribution in [-0.4, -0.2) is 61.0 Å². The molecule has 2 rings (SSSR count). The molecule has 1 N–H and O–H groups in total. The molecule has 2 aliphatic rings. The summed E-state index contributed by atoms with van der Waals surface area (Å²) in [5.41, 5.74) is 0. The Bertz CT molecular complexity index is 296. The Kier molecular flexibility index (Phi) is 5.22. The van der Waals surface area contributed by atoms with Gasteiger partial charge in [0.2, 0.25) is 5.91 Å². The molecule has 4 nitrogen and oxygen atoms in total. The molecular formula is C15H29N3O. The van der Waals surface area contributed by atoms with E-state index in [1.807, 2.05) is 14.1 Å². The van der Waals surface area contributed by atoms with Gasteiger partial charge >= 0.3 is 0 Å². The van der Waals surface area contributed by atoms with Crippen LogP contribution < -0.4 is 5.32 Å². The topological polar surface area (TPSA) is 35.6 Å². The third kappa shape index (κ3) is 3.93. The van der Waals surface area contributed by atoms with Crippen LogP contribution in [0.2, 0.25) is 0 Å². The maximum atomic E-state index is 12.7. The number of carbonyl (C=O) groups is 1. The summed E-state index contributed by atoms with van der Waals surface area (Å²) in [5, 5.41) is 3.45. The third-order valence-electron chi connectivity index (χ3n) is 4.35. The standard InChI is InChI=1S/C15H29N3O/c1-12-10-18(13-8-6-4-5-7-9-13)15(19)14(16-12)11-17(2)3/h12-14,16H,4-11H2,1-3H3. The van der Waals surface area contributed by atoms with Crippen molar-refractivity contribution in [2.45, 2.75) is 63.6 Å². The van der Waals surface area contributed by atoms with Crippen molar-refractivity contribution in [2.75, 3.05) is 27.2 Å². The van der Waals surface area contributed by atoms with Gasteiger partial charge in [0, 0.05) is 25.2 Å². The molecule has 1 amide bonds. The third-order valence-corrected chi connectivity index (χ3v) is 4.35. The van der Waals surface area contributed by atoms with Crippen molar-refractivity contribution in [1.29, 1.82) is 0 Å². The fourth-order valence-electron chi connectivity index (χ4n) is 3.45. The summed E-state index contributed by atoms with van der Waals surface area (Å²) >= 11 is 0. The van der Waals surface area contributed by atoms with Gasteiger partial charge in [0.05, 0.1) is 6.04 Å². The van der Waals surface area contributed by atoms with E-state index in [1.54, 1.807) is 0 Å².